The number of imidazole rings is 1. The van der Waals surface area contributed by atoms with Gasteiger partial charge in [-0.1, -0.05) is 36.8 Å². The first-order chi connectivity index (χ1) is 12.4. The quantitative estimate of drug-likeness (QED) is 0.927. The SMILES string of the molecule is CCn1ccnc1CN1CC[C@H](c2ccccc2)[C@H]2NCCCC[C@H]21. The highest BCUT2D eigenvalue weighted by atomic mass is 15.2. The molecule has 3 atom stereocenters. The minimum Gasteiger partial charge on any atom is -0.334 e. The van der Waals surface area contributed by atoms with Gasteiger partial charge in [0, 0.05) is 36.9 Å². The molecule has 134 valence electrons. The Morgan fingerprint density at radius 2 is 2.04 bits per heavy atom. The van der Waals surface area contributed by atoms with Crippen molar-refractivity contribution in [3.63, 3.8) is 0 Å². The molecule has 0 saturated carbocycles. The summed E-state index contributed by atoms with van der Waals surface area (Å²) >= 11 is 0. The van der Waals surface area contributed by atoms with E-state index in [0.717, 1.165) is 19.6 Å². The molecule has 2 aliphatic rings. The average molecular weight is 338 g/mol. The van der Waals surface area contributed by atoms with Crippen LogP contribution in [0.5, 0.6) is 0 Å². The molecule has 25 heavy (non-hydrogen) atoms. The zero-order valence-corrected chi connectivity index (χ0v) is 15.3. The van der Waals surface area contributed by atoms with Gasteiger partial charge in [-0.25, -0.2) is 4.98 Å². The van der Waals surface area contributed by atoms with E-state index in [-0.39, 0.29) is 0 Å². The molecule has 2 aliphatic heterocycles. The monoisotopic (exact) mass is 338 g/mol. The summed E-state index contributed by atoms with van der Waals surface area (Å²) in [5, 5.41) is 3.90. The van der Waals surface area contributed by atoms with Crippen molar-refractivity contribution in [2.24, 2.45) is 0 Å². The van der Waals surface area contributed by atoms with Gasteiger partial charge in [0.05, 0.1) is 6.54 Å². The highest BCUT2D eigenvalue weighted by Gasteiger charge is 2.39. The molecule has 1 aromatic carbocycles. The van der Waals surface area contributed by atoms with E-state index in [0.29, 0.717) is 18.0 Å². The second kappa shape index (κ2) is 7.71. The second-order valence-corrected chi connectivity index (χ2v) is 7.45. The summed E-state index contributed by atoms with van der Waals surface area (Å²) in [5.74, 6) is 1.84. The van der Waals surface area contributed by atoms with Crippen LogP contribution in [0.2, 0.25) is 0 Å². The van der Waals surface area contributed by atoms with Gasteiger partial charge >= 0.3 is 0 Å². The van der Waals surface area contributed by atoms with Crippen LogP contribution >= 0.6 is 0 Å². The van der Waals surface area contributed by atoms with Gasteiger partial charge in [-0.3, -0.25) is 4.90 Å². The van der Waals surface area contributed by atoms with Crippen molar-refractivity contribution >= 4 is 0 Å². The fourth-order valence-electron chi connectivity index (χ4n) is 4.77. The van der Waals surface area contributed by atoms with E-state index in [1.807, 2.05) is 6.20 Å². The largest absolute Gasteiger partial charge is 0.334 e. The molecule has 0 aliphatic carbocycles. The van der Waals surface area contributed by atoms with E-state index >= 15 is 0 Å². The lowest BCUT2D eigenvalue weighted by Crippen LogP contribution is -2.56. The molecule has 0 radical (unpaired) electrons. The molecule has 0 amide bonds. The maximum absolute atomic E-state index is 4.62. The first kappa shape index (κ1) is 16.8. The lowest BCUT2D eigenvalue weighted by molar-refractivity contribution is 0.0856. The van der Waals surface area contributed by atoms with E-state index in [4.69, 9.17) is 0 Å². The van der Waals surface area contributed by atoms with E-state index in [9.17, 15) is 0 Å². The predicted octanol–water partition coefficient (Wildman–Crippen LogP) is 3.40. The normalized spacial score (nSPS) is 27.6. The van der Waals surface area contributed by atoms with Crippen LogP contribution in [0, 0.1) is 0 Å². The summed E-state index contributed by atoms with van der Waals surface area (Å²) < 4.78 is 2.28. The van der Waals surface area contributed by atoms with Crippen molar-refractivity contribution in [1.29, 1.82) is 0 Å². The molecule has 1 aromatic heterocycles. The molecule has 2 fully saturated rings. The first-order valence-electron chi connectivity index (χ1n) is 9.89. The number of aryl methyl sites for hydroxylation is 1. The maximum atomic E-state index is 4.62. The first-order valence-corrected chi connectivity index (χ1v) is 9.89. The van der Waals surface area contributed by atoms with Gasteiger partial charge in [0.25, 0.3) is 0 Å². The molecule has 1 N–H and O–H groups in total. The van der Waals surface area contributed by atoms with Gasteiger partial charge in [-0.15, -0.1) is 0 Å². The Morgan fingerprint density at radius 3 is 2.88 bits per heavy atom. The highest BCUT2D eigenvalue weighted by molar-refractivity contribution is 5.23. The van der Waals surface area contributed by atoms with E-state index in [2.05, 4.69) is 63.2 Å². The summed E-state index contributed by atoms with van der Waals surface area (Å²) in [4.78, 5) is 7.31. The van der Waals surface area contributed by atoms with E-state index < -0.39 is 0 Å². The Balaban J connectivity index is 1.57. The van der Waals surface area contributed by atoms with Crippen molar-refractivity contribution in [1.82, 2.24) is 19.8 Å². The molecule has 4 rings (SSSR count). The number of nitrogens with one attached hydrogen (secondary N) is 1. The van der Waals surface area contributed by atoms with Gasteiger partial charge in [0.1, 0.15) is 5.82 Å². The van der Waals surface area contributed by atoms with Crippen LogP contribution in [0.15, 0.2) is 42.7 Å². The molecular weight excluding hydrogens is 308 g/mol. The Labute approximate surface area is 151 Å². The van der Waals surface area contributed by atoms with Gasteiger partial charge in [0.2, 0.25) is 0 Å². The van der Waals surface area contributed by atoms with E-state index in [1.165, 1.54) is 43.6 Å². The molecule has 2 aromatic rings. The van der Waals surface area contributed by atoms with Crippen molar-refractivity contribution in [2.45, 2.75) is 63.7 Å². The molecular formula is C21H30N4. The lowest BCUT2D eigenvalue weighted by atomic mass is 9.79. The molecule has 4 heteroatoms. The molecule has 3 heterocycles. The second-order valence-electron chi connectivity index (χ2n) is 7.45. The number of hydrogen-bond acceptors (Lipinski definition) is 3. The fourth-order valence-corrected chi connectivity index (χ4v) is 4.77. The third-order valence-electron chi connectivity index (χ3n) is 6.07. The number of benzene rings is 1. The number of likely N-dealkylation sites (tertiary alicyclic amines) is 1. The Kier molecular flexibility index (Phi) is 5.18. The fraction of sp³-hybridized carbons (Fsp3) is 0.571. The van der Waals surface area contributed by atoms with Crippen LogP contribution in [0.4, 0.5) is 0 Å². The Bertz CT molecular complexity index is 666. The average Bonchev–Trinajstić information content (AvgIpc) is 2.96. The lowest BCUT2D eigenvalue weighted by Gasteiger charge is -2.45. The van der Waals surface area contributed by atoms with Crippen molar-refractivity contribution < 1.29 is 0 Å². The summed E-state index contributed by atoms with van der Waals surface area (Å²) in [5.41, 5.74) is 1.50. The van der Waals surface area contributed by atoms with Crippen LogP contribution in [-0.2, 0) is 13.1 Å². The maximum Gasteiger partial charge on any atom is 0.122 e. The number of rotatable bonds is 4. The van der Waals surface area contributed by atoms with E-state index in [1.54, 1.807) is 0 Å². The smallest absolute Gasteiger partial charge is 0.122 e. The van der Waals surface area contributed by atoms with Crippen LogP contribution in [0.3, 0.4) is 0 Å². The number of nitrogens with zero attached hydrogens (tertiary/aromatic N) is 3. The standard InChI is InChI=1S/C21H30N4/c1-2-24-15-13-22-20(24)16-25-14-11-18(17-8-4-3-5-9-17)21-19(25)10-6-7-12-23-21/h3-5,8-9,13,15,18-19,21,23H,2,6-7,10-12,14,16H2,1H3/t18-,19-,21-/m1/s1. The molecule has 2 saturated heterocycles. The third kappa shape index (κ3) is 3.51. The zero-order valence-electron chi connectivity index (χ0n) is 15.3. The van der Waals surface area contributed by atoms with Crippen molar-refractivity contribution in [2.75, 3.05) is 13.1 Å². The molecule has 0 unspecified atom stereocenters. The Morgan fingerprint density at radius 1 is 1.16 bits per heavy atom. The minimum absolute atomic E-state index is 0.559. The third-order valence-corrected chi connectivity index (χ3v) is 6.07. The van der Waals surface area contributed by atoms with Gasteiger partial charge in [-0.2, -0.15) is 0 Å². The Hall–Kier alpha value is -1.65. The number of piperidine rings is 1. The molecule has 4 nitrogen and oxygen atoms in total. The topological polar surface area (TPSA) is 33.1 Å². The molecule has 0 bridgehead atoms. The van der Waals surface area contributed by atoms with Crippen LogP contribution in [0.25, 0.3) is 0 Å². The number of aromatic nitrogens is 2. The van der Waals surface area contributed by atoms with Gasteiger partial charge < -0.3 is 9.88 Å². The summed E-state index contributed by atoms with van der Waals surface area (Å²) in [7, 11) is 0. The highest BCUT2D eigenvalue weighted by Crippen LogP contribution is 2.35. The van der Waals surface area contributed by atoms with Crippen LogP contribution in [-0.4, -0.2) is 39.6 Å². The number of hydrogen-bond donors (Lipinski definition) is 1. The van der Waals surface area contributed by atoms with Crippen LogP contribution in [0.1, 0.15) is 49.9 Å². The predicted molar refractivity (Wildman–Crippen MR) is 102 cm³/mol. The molecule has 0 spiro atoms. The summed E-state index contributed by atoms with van der Waals surface area (Å²) in [6, 6.07) is 12.3. The number of fused-ring (bicyclic) bond motifs is 1. The summed E-state index contributed by atoms with van der Waals surface area (Å²) in [6.45, 7) is 6.50. The van der Waals surface area contributed by atoms with Crippen molar-refractivity contribution in [3.05, 3.63) is 54.1 Å². The van der Waals surface area contributed by atoms with Gasteiger partial charge in [0.15, 0.2) is 0 Å². The van der Waals surface area contributed by atoms with Crippen molar-refractivity contribution in [3.8, 4) is 0 Å². The zero-order chi connectivity index (χ0) is 17.1. The van der Waals surface area contributed by atoms with Crippen LogP contribution < -0.4 is 5.32 Å². The van der Waals surface area contributed by atoms with Gasteiger partial charge in [-0.05, 0) is 44.8 Å². The minimum atomic E-state index is 0.559. The summed E-state index contributed by atoms with van der Waals surface area (Å²) in [6.07, 6.45) is 9.20.